The van der Waals surface area contributed by atoms with E-state index in [-0.39, 0.29) is 5.41 Å². The van der Waals surface area contributed by atoms with Gasteiger partial charge in [0.15, 0.2) is 0 Å². The molecule has 0 amide bonds. The lowest BCUT2D eigenvalue weighted by atomic mass is 9.79. The lowest BCUT2D eigenvalue weighted by Gasteiger charge is -2.28. The fraction of sp³-hybridized carbons (Fsp3) is 0.0566. The summed E-state index contributed by atoms with van der Waals surface area (Å²) in [7, 11) is 0. The molecule has 0 atom stereocenters. The Morgan fingerprint density at radius 1 is 0.418 bits per heavy atom. The quantitative estimate of drug-likeness (QED) is 0.162. The third-order valence-corrected chi connectivity index (χ3v) is 11.9. The van der Waals surface area contributed by atoms with E-state index >= 15 is 0 Å². The Kier molecular flexibility index (Phi) is 6.93. The van der Waals surface area contributed by atoms with Crippen molar-refractivity contribution in [2.45, 2.75) is 19.3 Å². The van der Waals surface area contributed by atoms with Gasteiger partial charge in [-0.15, -0.1) is 0 Å². The first-order valence-electron chi connectivity index (χ1n) is 19.2. The number of hydrogen-bond acceptors (Lipinski definition) is 1. The second-order valence-corrected chi connectivity index (χ2v) is 15.3. The predicted octanol–water partition coefficient (Wildman–Crippen LogP) is 14.5. The highest BCUT2D eigenvalue weighted by Gasteiger charge is 2.37. The monoisotopic (exact) mass is 702 g/mol. The third kappa shape index (κ3) is 4.74. The highest BCUT2D eigenvalue weighted by Crippen LogP contribution is 2.52. The smallest absolute Gasteiger partial charge is 0.0546 e. The van der Waals surface area contributed by atoms with Crippen molar-refractivity contribution in [1.29, 1.82) is 0 Å². The molecular formula is C53H38N2. The van der Waals surface area contributed by atoms with Crippen LogP contribution in [0.1, 0.15) is 25.0 Å². The summed E-state index contributed by atoms with van der Waals surface area (Å²) in [6, 6.07) is 71.4. The number of aromatic nitrogens is 1. The van der Waals surface area contributed by atoms with Crippen molar-refractivity contribution < 1.29 is 0 Å². The van der Waals surface area contributed by atoms with E-state index in [1.807, 2.05) is 0 Å². The van der Waals surface area contributed by atoms with Crippen LogP contribution >= 0.6 is 0 Å². The summed E-state index contributed by atoms with van der Waals surface area (Å²) in [6.07, 6.45) is 0. The zero-order chi connectivity index (χ0) is 36.7. The van der Waals surface area contributed by atoms with E-state index in [1.165, 1.54) is 76.7 Å². The minimum Gasteiger partial charge on any atom is -0.310 e. The molecule has 0 unspecified atom stereocenters. The standard InChI is InChI=1S/C53H38N2/c1-53(2)48-25-12-10-20-43(48)46-24-14-23-41(52(46)53)35-27-29-38(30-28-35)54(51-33-36-15-6-7-18-40(36)42-19-8-9-21-44(42)51)39-31-32-50-47(34-39)45-22-11-13-26-49(45)55(50)37-16-4-3-5-17-37/h3-34H,1-2H3. The number of benzene rings is 9. The fourth-order valence-electron chi connectivity index (χ4n) is 9.48. The first-order chi connectivity index (χ1) is 27.1. The maximum atomic E-state index is 2.46. The van der Waals surface area contributed by atoms with Gasteiger partial charge >= 0.3 is 0 Å². The van der Waals surface area contributed by atoms with E-state index in [2.05, 4.69) is 217 Å². The van der Waals surface area contributed by atoms with E-state index in [4.69, 9.17) is 0 Å². The molecule has 0 saturated carbocycles. The Labute approximate surface area is 321 Å². The molecule has 0 saturated heterocycles. The maximum Gasteiger partial charge on any atom is 0.0546 e. The van der Waals surface area contributed by atoms with Gasteiger partial charge in [0, 0.05) is 38.6 Å². The molecule has 0 fully saturated rings. The Morgan fingerprint density at radius 3 is 1.87 bits per heavy atom. The predicted molar refractivity (Wildman–Crippen MR) is 233 cm³/mol. The van der Waals surface area contributed by atoms with Crippen LogP contribution in [-0.2, 0) is 5.41 Å². The average molecular weight is 703 g/mol. The molecule has 1 aliphatic carbocycles. The molecule has 1 heterocycles. The Balaban J connectivity index is 1.13. The number of para-hydroxylation sites is 2. The van der Waals surface area contributed by atoms with Crippen LogP contribution in [0, 0.1) is 0 Å². The van der Waals surface area contributed by atoms with Gasteiger partial charge in [0.2, 0.25) is 0 Å². The second kappa shape index (κ2) is 12.1. The largest absolute Gasteiger partial charge is 0.310 e. The van der Waals surface area contributed by atoms with E-state index in [1.54, 1.807) is 0 Å². The van der Waals surface area contributed by atoms with Crippen molar-refractivity contribution in [2.75, 3.05) is 4.90 Å². The van der Waals surface area contributed by atoms with Crippen molar-refractivity contribution in [2.24, 2.45) is 0 Å². The lowest BCUT2D eigenvalue weighted by molar-refractivity contribution is 0.662. The van der Waals surface area contributed by atoms with Gasteiger partial charge in [-0.25, -0.2) is 0 Å². The van der Waals surface area contributed by atoms with Crippen LogP contribution < -0.4 is 4.90 Å². The SMILES string of the molecule is CC1(C)c2ccccc2-c2cccc(-c3ccc(N(c4ccc5c(c4)c4ccccc4n5-c4ccccc4)c4cc5ccccc5c5ccccc45)cc3)c21. The van der Waals surface area contributed by atoms with Crippen molar-refractivity contribution >= 4 is 60.4 Å². The Morgan fingerprint density at radius 2 is 1.04 bits per heavy atom. The van der Waals surface area contributed by atoms with E-state index in [0.29, 0.717) is 0 Å². The second-order valence-electron chi connectivity index (χ2n) is 15.3. The summed E-state index contributed by atoms with van der Waals surface area (Å²) in [4.78, 5) is 2.46. The minimum absolute atomic E-state index is 0.0917. The van der Waals surface area contributed by atoms with E-state index in [0.717, 1.165) is 22.7 Å². The van der Waals surface area contributed by atoms with Gasteiger partial charge in [-0.05, 0) is 104 Å². The maximum absolute atomic E-state index is 2.46. The molecule has 2 heteroatoms. The number of nitrogens with zero attached hydrogens (tertiary/aromatic N) is 2. The molecule has 1 aliphatic rings. The summed E-state index contributed by atoms with van der Waals surface area (Å²) < 4.78 is 2.39. The molecule has 0 N–H and O–H groups in total. The summed E-state index contributed by atoms with van der Waals surface area (Å²) in [5.41, 5.74) is 14.9. The van der Waals surface area contributed by atoms with Crippen molar-refractivity contribution in [3.63, 3.8) is 0 Å². The molecule has 55 heavy (non-hydrogen) atoms. The van der Waals surface area contributed by atoms with Crippen molar-refractivity contribution in [3.05, 3.63) is 205 Å². The lowest BCUT2D eigenvalue weighted by Crippen LogP contribution is -2.16. The zero-order valence-electron chi connectivity index (χ0n) is 30.9. The van der Waals surface area contributed by atoms with Crippen molar-refractivity contribution in [1.82, 2.24) is 4.57 Å². The molecule has 0 radical (unpaired) electrons. The molecule has 11 rings (SSSR count). The average Bonchev–Trinajstić information content (AvgIpc) is 3.70. The highest BCUT2D eigenvalue weighted by atomic mass is 15.1. The van der Waals surface area contributed by atoms with Gasteiger partial charge in [-0.3, -0.25) is 0 Å². The Hall–Kier alpha value is -6.90. The summed E-state index contributed by atoms with van der Waals surface area (Å²) >= 11 is 0. The molecule has 0 aliphatic heterocycles. The van der Waals surface area contributed by atoms with Gasteiger partial charge in [-0.1, -0.05) is 153 Å². The first-order valence-corrected chi connectivity index (χ1v) is 19.2. The van der Waals surface area contributed by atoms with Crippen LogP contribution in [0.3, 0.4) is 0 Å². The van der Waals surface area contributed by atoms with Crippen LogP contribution in [0.25, 0.3) is 71.3 Å². The molecule has 0 bridgehead atoms. The molecule has 2 nitrogen and oxygen atoms in total. The van der Waals surface area contributed by atoms with Gasteiger partial charge < -0.3 is 9.47 Å². The first kappa shape index (κ1) is 31.6. The molecule has 260 valence electrons. The number of rotatable bonds is 5. The number of anilines is 3. The van der Waals surface area contributed by atoms with Crippen LogP contribution in [-0.4, -0.2) is 4.57 Å². The summed E-state index contributed by atoms with van der Waals surface area (Å²) in [6.45, 7) is 4.74. The molecular weight excluding hydrogens is 665 g/mol. The Bertz CT molecular complexity index is 3110. The number of fused-ring (bicyclic) bond motifs is 9. The molecule has 0 spiro atoms. The van der Waals surface area contributed by atoms with Crippen LogP contribution in [0.5, 0.6) is 0 Å². The van der Waals surface area contributed by atoms with Gasteiger partial charge in [0.1, 0.15) is 0 Å². The summed E-state index contributed by atoms with van der Waals surface area (Å²) in [5.74, 6) is 0. The van der Waals surface area contributed by atoms with Gasteiger partial charge in [0.25, 0.3) is 0 Å². The normalized spacial score (nSPS) is 13.1. The minimum atomic E-state index is -0.0917. The van der Waals surface area contributed by atoms with E-state index < -0.39 is 0 Å². The van der Waals surface area contributed by atoms with E-state index in [9.17, 15) is 0 Å². The zero-order valence-corrected chi connectivity index (χ0v) is 30.9. The third-order valence-electron chi connectivity index (χ3n) is 11.9. The fourth-order valence-corrected chi connectivity index (χ4v) is 9.48. The molecule has 9 aromatic carbocycles. The molecule has 10 aromatic rings. The van der Waals surface area contributed by atoms with Crippen LogP contribution in [0.4, 0.5) is 17.1 Å². The molecule has 1 aromatic heterocycles. The van der Waals surface area contributed by atoms with Crippen LogP contribution in [0.2, 0.25) is 0 Å². The van der Waals surface area contributed by atoms with Gasteiger partial charge in [0.05, 0.1) is 16.7 Å². The van der Waals surface area contributed by atoms with Crippen LogP contribution in [0.15, 0.2) is 194 Å². The van der Waals surface area contributed by atoms with Crippen molar-refractivity contribution in [3.8, 4) is 27.9 Å². The van der Waals surface area contributed by atoms with Gasteiger partial charge in [-0.2, -0.15) is 0 Å². The topological polar surface area (TPSA) is 8.17 Å². The number of hydrogen-bond donors (Lipinski definition) is 0. The highest BCUT2D eigenvalue weighted by molar-refractivity contribution is 6.15. The summed E-state index contributed by atoms with van der Waals surface area (Å²) in [5, 5.41) is 7.42.